The molecule has 1 aromatic carbocycles. The number of imidazole rings is 1. The molecule has 0 aliphatic heterocycles. The van der Waals surface area contributed by atoms with Crippen LogP contribution in [0.5, 0.6) is 0 Å². The smallest absolute Gasteiger partial charge is 0.329 e. The van der Waals surface area contributed by atoms with Gasteiger partial charge in [0.1, 0.15) is 5.82 Å². The number of aromatic nitrogens is 3. The molecule has 0 bridgehead atoms. The second-order valence-corrected chi connectivity index (χ2v) is 5.85. The molecule has 7 nitrogen and oxygen atoms in total. The highest BCUT2D eigenvalue weighted by Gasteiger charge is 2.14. The lowest BCUT2D eigenvalue weighted by Crippen LogP contribution is -2.23. The molecular weight excluding hydrogens is 375 g/mol. The van der Waals surface area contributed by atoms with Crippen molar-refractivity contribution in [2.45, 2.75) is 13.0 Å². The molecule has 0 aliphatic rings. The van der Waals surface area contributed by atoms with Crippen molar-refractivity contribution in [1.29, 1.82) is 0 Å². The minimum Gasteiger partial charge on any atom is -0.470 e. The van der Waals surface area contributed by atoms with E-state index in [0.717, 1.165) is 0 Å². The lowest BCUT2D eigenvalue weighted by molar-refractivity contribution is 0.0765. The van der Waals surface area contributed by atoms with Crippen LogP contribution in [0.1, 0.15) is 11.3 Å². The Kier molecular flexibility index (Phi) is 5.57. The summed E-state index contributed by atoms with van der Waals surface area (Å²) in [4.78, 5) is 16.7. The third-order valence-electron chi connectivity index (χ3n) is 4.01. The van der Waals surface area contributed by atoms with Crippen LogP contribution in [0.2, 0.25) is 0 Å². The van der Waals surface area contributed by atoms with E-state index < -0.39 is 18.8 Å². The third kappa shape index (κ3) is 3.95. The fourth-order valence-electron chi connectivity index (χ4n) is 2.72. The van der Waals surface area contributed by atoms with Crippen molar-refractivity contribution in [2.75, 3.05) is 6.61 Å². The summed E-state index contributed by atoms with van der Waals surface area (Å²) in [5, 5.41) is 6.88. The number of hydrogen-bond acceptors (Lipinski definition) is 5. The Bertz CT molecular complexity index is 1090. The van der Waals surface area contributed by atoms with Gasteiger partial charge in [-0.2, -0.15) is 5.10 Å². The second kappa shape index (κ2) is 8.07. The summed E-state index contributed by atoms with van der Waals surface area (Å²) in [7, 11) is 1.60. The predicted molar refractivity (Wildman–Crippen MR) is 98.5 cm³/mol. The van der Waals surface area contributed by atoms with Crippen LogP contribution in [-0.2, 0) is 18.3 Å². The molecule has 0 radical (unpaired) electrons. The second-order valence-electron chi connectivity index (χ2n) is 5.85. The Morgan fingerprint density at radius 1 is 1.29 bits per heavy atom. The number of halogens is 3. The zero-order valence-corrected chi connectivity index (χ0v) is 14.8. The van der Waals surface area contributed by atoms with Crippen molar-refractivity contribution in [2.24, 2.45) is 17.3 Å². The summed E-state index contributed by atoms with van der Waals surface area (Å²) in [6.07, 6.45) is -1.30. The molecule has 0 amide bonds. The number of rotatable bonds is 6. The van der Waals surface area contributed by atoms with E-state index in [-0.39, 0.29) is 18.1 Å². The first-order valence-electron chi connectivity index (χ1n) is 8.15. The maximum absolute atomic E-state index is 13.6. The van der Waals surface area contributed by atoms with Gasteiger partial charge in [0.05, 0.1) is 28.8 Å². The highest BCUT2D eigenvalue weighted by molar-refractivity contribution is 5.93. The highest BCUT2D eigenvalue weighted by Crippen LogP contribution is 2.15. The predicted octanol–water partition coefficient (Wildman–Crippen LogP) is 2.57. The number of ether oxygens (including phenoxy) is 1. The molecule has 3 rings (SSSR count). The van der Waals surface area contributed by atoms with Crippen LogP contribution in [0, 0.1) is 5.82 Å². The van der Waals surface area contributed by atoms with Gasteiger partial charge in [-0.15, -0.1) is 5.10 Å². The molecular formula is C18H16F3N5O2. The number of fused-ring (bicyclic) bond motifs is 1. The molecule has 0 saturated heterocycles. The van der Waals surface area contributed by atoms with Crippen molar-refractivity contribution in [1.82, 2.24) is 14.1 Å². The molecule has 0 fully saturated rings. The van der Waals surface area contributed by atoms with Gasteiger partial charge >= 0.3 is 5.69 Å². The van der Waals surface area contributed by atoms with Gasteiger partial charge in [0.25, 0.3) is 6.43 Å². The van der Waals surface area contributed by atoms with Gasteiger partial charge in [0.2, 0.25) is 5.90 Å². The fourth-order valence-corrected chi connectivity index (χ4v) is 2.72. The van der Waals surface area contributed by atoms with Crippen LogP contribution in [-0.4, -0.2) is 39.8 Å². The standard InChI is InChI=1S/C18H16F3N5O2/c1-22-24-17(28-10-16(20)21)11-3-5-13(23-8-11)9-26-15-7-12(19)4-6-14(15)25(2)18(26)27/h3-8,16H,1,9-10H2,2H3/b24-17-. The van der Waals surface area contributed by atoms with E-state index in [0.29, 0.717) is 22.3 Å². The topological polar surface area (TPSA) is 73.8 Å². The van der Waals surface area contributed by atoms with Crippen LogP contribution in [0.4, 0.5) is 13.2 Å². The summed E-state index contributed by atoms with van der Waals surface area (Å²) >= 11 is 0. The number of nitrogens with zero attached hydrogens (tertiary/aromatic N) is 5. The first kappa shape index (κ1) is 19.3. The monoisotopic (exact) mass is 391 g/mol. The minimum atomic E-state index is -2.67. The molecule has 10 heteroatoms. The first-order chi connectivity index (χ1) is 13.4. The molecule has 3 aromatic rings. The molecule has 0 unspecified atom stereocenters. The van der Waals surface area contributed by atoms with Gasteiger partial charge in [-0.05, 0) is 30.3 Å². The van der Waals surface area contributed by atoms with Crippen LogP contribution in [0.15, 0.2) is 51.5 Å². The lowest BCUT2D eigenvalue weighted by Gasteiger charge is -2.08. The maximum Gasteiger partial charge on any atom is 0.329 e. The Balaban J connectivity index is 1.89. The van der Waals surface area contributed by atoms with Crippen molar-refractivity contribution in [3.8, 4) is 0 Å². The molecule has 0 aliphatic carbocycles. The zero-order valence-electron chi connectivity index (χ0n) is 14.8. The number of benzene rings is 1. The van der Waals surface area contributed by atoms with E-state index in [1.807, 2.05) is 0 Å². The Morgan fingerprint density at radius 2 is 2.07 bits per heavy atom. The molecule has 28 heavy (non-hydrogen) atoms. The Hall–Kier alpha value is -3.43. The van der Waals surface area contributed by atoms with Crippen LogP contribution in [0.25, 0.3) is 11.0 Å². The molecule has 0 spiro atoms. The number of hydrogen-bond donors (Lipinski definition) is 0. The first-order valence-corrected chi connectivity index (χ1v) is 8.15. The molecule has 146 valence electrons. The van der Waals surface area contributed by atoms with E-state index in [1.54, 1.807) is 19.2 Å². The normalized spacial score (nSPS) is 12.0. The van der Waals surface area contributed by atoms with Gasteiger partial charge in [-0.3, -0.25) is 14.1 Å². The van der Waals surface area contributed by atoms with Gasteiger partial charge in [0.15, 0.2) is 6.61 Å². The van der Waals surface area contributed by atoms with E-state index >= 15 is 0 Å². The maximum atomic E-state index is 13.6. The Labute approximate surface area is 157 Å². The van der Waals surface area contributed by atoms with E-state index in [9.17, 15) is 18.0 Å². The quantitative estimate of drug-likeness (QED) is 0.368. The van der Waals surface area contributed by atoms with Crippen LogP contribution < -0.4 is 5.69 Å². The number of aryl methyl sites for hydroxylation is 1. The summed E-state index contributed by atoms with van der Waals surface area (Å²) in [5.74, 6) is -0.595. The van der Waals surface area contributed by atoms with Gasteiger partial charge in [-0.25, -0.2) is 18.0 Å². The van der Waals surface area contributed by atoms with E-state index in [4.69, 9.17) is 4.74 Å². The molecule has 0 saturated carbocycles. The molecule has 0 atom stereocenters. The molecule has 2 heterocycles. The van der Waals surface area contributed by atoms with Crippen molar-refractivity contribution in [3.63, 3.8) is 0 Å². The van der Waals surface area contributed by atoms with Gasteiger partial charge < -0.3 is 4.74 Å². The van der Waals surface area contributed by atoms with Crippen molar-refractivity contribution >= 4 is 23.6 Å². The average Bonchev–Trinajstić information content (AvgIpc) is 2.90. The van der Waals surface area contributed by atoms with Crippen LogP contribution >= 0.6 is 0 Å². The minimum absolute atomic E-state index is 0.101. The summed E-state index contributed by atoms with van der Waals surface area (Å²) < 4.78 is 46.0. The van der Waals surface area contributed by atoms with E-state index in [2.05, 4.69) is 21.9 Å². The summed E-state index contributed by atoms with van der Waals surface area (Å²) in [6, 6.07) is 7.24. The lowest BCUT2D eigenvalue weighted by atomic mass is 10.2. The molecule has 0 N–H and O–H groups in total. The molecule has 2 aromatic heterocycles. The number of alkyl halides is 2. The van der Waals surface area contributed by atoms with Crippen molar-refractivity contribution < 1.29 is 17.9 Å². The van der Waals surface area contributed by atoms with Gasteiger partial charge in [0, 0.05) is 20.0 Å². The SMILES string of the molecule is C=N/N=C(\OCC(F)F)c1ccc(Cn2c(=O)n(C)c3ccc(F)cc32)nc1. The van der Waals surface area contributed by atoms with Gasteiger partial charge in [-0.1, -0.05) is 0 Å². The third-order valence-corrected chi connectivity index (χ3v) is 4.01. The summed E-state index contributed by atoms with van der Waals surface area (Å²) in [5.41, 5.74) is 1.55. The number of pyridine rings is 1. The van der Waals surface area contributed by atoms with Crippen LogP contribution in [0.3, 0.4) is 0 Å². The largest absolute Gasteiger partial charge is 0.470 e. The Morgan fingerprint density at radius 3 is 2.71 bits per heavy atom. The average molecular weight is 391 g/mol. The fraction of sp³-hybridized carbons (Fsp3) is 0.222. The highest BCUT2D eigenvalue weighted by atomic mass is 19.3. The van der Waals surface area contributed by atoms with Crippen molar-refractivity contribution in [3.05, 3.63) is 64.1 Å². The zero-order chi connectivity index (χ0) is 20.3. The van der Waals surface area contributed by atoms with E-state index in [1.165, 1.54) is 33.5 Å². The summed E-state index contributed by atoms with van der Waals surface area (Å²) in [6.45, 7) is 2.44.